The van der Waals surface area contributed by atoms with Crippen LogP contribution in [0.25, 0.3) is 0 Å². The van der Waals surface area contributed by atoms with Gasteiger partial charge < -0.3 is 16.4 Å². The predicted octanol–water partition coefficient (Wildman–Crippen LogP) is 1.94. The van der Waals surface area contributed by atoms with Crippen LogP contribution in [0.4, 0.5) is 5.69 Å². The number of rotatable bonds is 8. The van der Waals surface area contributed by atoms with Crippen LogP contribution in [0, 0.1) is 12.8 Å². The number of hydrogen-bond acceptors (Lipinski definition) is 4. The van der Waals surface area contributed by atoms with Crippen molar-refractivity contribution in [2.45, 2.75) is 25.8 Å². The van der Waals surface area contributed by atoms with Crippen molar-refractivity contribution in [3.63, 3.8) is 0 Å². The van der Waals surface area contributed by atoms with Gasteiger partial charge in [-0.3, -0.25) is 9.59 Å². The summed E-state index contributed by atoms with van der Waals surface area (Å²) in [5.74, 6) is 0.947. The molecule has 0 aliphatic heterocycles. The molecule has 1 aromatic rings. The van der Waals surface area contributed by atoms with Crippen LogP contribution in [0.2, 0.25) is 0 Å². The first-order chi connectivity index (χ1) is 10.5. The maximum atomic E-state index is 11.8. The number of aryl methyl sites for hydroxylation is 1. The highest BCUT2D eigenvalue weighted by atomic mass is 35.5. The number of carbonyl (C=O) groups excluding carboxylic acids is 2. The minimum absolute atomic E-state index is 0. The van der Waals surface area contributed by atoms with Crippen LogP contribution in [0.3, 0.4) is 0 Å². The van der Waals surface area contributed by atoms with E-state index in [0.29, 0.717) is 12.5 Å². The lowest BCUT2D eigenvalue weighted by atomic mass is 10.2. The summed E-state index contributed by atoms with van der Waals surface area (Å²) in [4.78, 5) is 23.4. The lowest BCUT2D eigenvalue weighted by Crippen LogP contribution is -2.39. The molecule has 2 rings (SSSR count). The fourth-order valence-electron chi connectivity index (χ4n) is 2.04. The monoisotopic (exact) mass is 357 g/mol. The first kappa shape index (κ1) is 19.8. The Morgan fingerprint density at radius 3 is 2.43 bits per heavy atom. The summed E-state index contributed by atoms with van der Waals surface area (Å²) in [7, 11) is 0. The highest BCUT2D eigenvalue weighted by Crippen LogP contribution is 2.31. The Balaban J connectivity index is 0.00000264. The van der Waals surface area contributed by atoms with Gasteiger partial charge in [-0.1, -0.05) is 17.7 Å². The molecule has 1 aliphatic rings. The zero-order valence-electron chi connectivity index (χ0n) is 13.2. The smallest absolute Gasteiger partial charge is 0.234 e. The Kier molecular flexibility index (Phi) is 8.44. The van der Waals surface area contributed by atoms with Gasteiger partial charge in [-0.25, -0.2) is 0 Å². The minimum atomic E-state index is -0.101. The Morgan fingerprint density at radius 1 is 1.22 bits per heavy atom. The van der Waals surface area contributed by atoms with E-state index in [4.69, 9.17) is 5.73 Å². The second kappa shape index (κ2) is 9.80. The van der Waals surface area contributed by atoms with Gasteiger partial charge in [0.1, 0.15) is 0 Å². The lowest BCUT2D eigenvalue weighted by Gasteiger charge is -2.11. The molecule has 23 heavy (non-hydrogen) atoms. The van der Waals surface area contributed by atoms with Crippen LogP contribution in [0.15, 0.2) is 24.3 Å². The van der Waals surface area contributed by atoms with Crippen LogP contribution >= 0.6 is 24.2 Å². The maximum Gasteiger partial charge on any atom is 0.234 e. The van der Waals surface area contributed by atoms with E-state index in [2.05, 4.69) is 10.6 Å². The average molecular weight is 358 g/mol. The Labute approximate surface area is 147 Å². The first-order valence-corrected chi connectivity index (χ1v) is 8.66. The standard InChI is InChI=1S/C16H23N3O2S.ClH/c1-11-2-6-13(7-3-11)19-16(21)10-22-9-15(20)18-8-14(17)12-4-5-12;/h2-3,6-7,12,14H,4-5,8-10,17H2,1H3,(H,18,20)(H,19,21);1H. The van der Waals surface area contributed by atoms with Gasteiger partial charge in [-0.15, -0.1) is 24.2 Å². The lowest BCUT2D eigenvalue weighted by molar-refractivity contribution is -0.118. The molecule has 1 fully saturated rings. The highest BCUT2D eigenvalue weighted by Gasteiger charge is 2.28. The Bertz CT molecular complexity index is 521. The molecule has 5 nitrogen and oxygen atoms in total. The molecular formula is C16H24ClN3O2S. The van der Waals surface area contributed by atoms with E-state index < -0.39 is 0 Å². The van der Waals surface area contributed by atoms with Crippen LogP contribution < -0.4 is 16.4 Å². The summed E-state index contributed by atoms with van der Waals surface area (Å²) < 4.78 is 0. The molecule has 0 bridgehead atoms. The largest absolute Gasteiger partial charge is 0.354 e. The van der Waals surface area contributed by atoms with Crippen molar-refractivity contribution in [3.8, 4) is 0 Å². The quantitative estimate of drug-likeness (QED) is 0.663. The van der Waals surface area contributed by atoms with Gasteiger partial charge in [0.05, 0.1) is 11.5 Å². The van der Waals surface area contributed by atoms with E-state index in [0.717, 1.165) is 11.3 Å². The first-order valence-electron chi connectivity index (χ1n) is 7.51. The molecule has 1 aromatic carbocycles. The van der Waals surface area contributed by atoms with Crippen molar-refractivity contribution < 1.29 is 9.59 Å². The number of hydrogen-bond donors (Lipinski definition) is 3. The molecule has 1 saturated carbocycles. The van der Waals surface area contributed by atoms with E-state index in [-0.39, 0.29) is 41.8 Å². The Hall–Kier alpha value is -1.24. The topological polar surface area (TPSA) is 84.2 Å². The normalized spacial score (nSPS) is 14.5. The molecule has 4 N–H and O–H groups in total. The third-order valence-corrected chi connectivity index (χ3v) is 4.50. The molecule has 0 saturated heterocycles. The third kappa shape index (κ3) is 7.72. The van der Waals surface area contributed by atoms with E-state index in [1.807, 2.05) is 31.2 Å². The highest BCUT2D eigenvalue weighted by molar-refractivity contribution is 8.00. The summed E-state index contributed by atoms with van der Waals surface area (Å²) in [6, 6.07) is 7.69. The number of amides is 2. The van der Waals surface area contributed by atoms with E-state index in [9.17, 15) is 9.59 Å². The molecule has 1 aliphatic carbocycles. The fraction of sp³-hybridized carbons (Fsp3) is 0.500. The third-order valence-electron chi connectivity index (χ3n) is 3.56. The van der Waals surface area contributed by atoms with Crippen LogP contribution in [-0.2, 0) is 9.59 Å². The van der Waals surface area contributed by atoms with Crippen molar-refractivity contribution in [3.05, 3.63) is 29.8 Å². The van der Waals surface area contributed by atoms with Gasteiger partial charge in [0.25, 0.3) is 0 Å². The van der Waals surface area contributed by atoms with Crippen molar-refractivity contribution in [1.29, 1.82) is 0 Å². The second-order valence-electron chi connectivity index (χ2n) is 5.71. The van der Waals surface area contributed by atoms with E-state index in [1.54, 1.807) is 0 Å². The molecule has 7 heteroatoms. The summed E-state index contributed by atoms with van der Waals surface area (Å²) in [6.07, 6.45) is 2.34. The van der Waals surface area contributed by atoms with Gasteiger partial charge >= 0.3 is 0 Å². The zero-order valence-corrected chi connectivity index (χ0v) is 14.8. The van der Waals surface area contributed by atoms with Crippen molar-refractivity contribution in [1.82, 2.24) is 5.32 Å². The molecule has 0 aromatic heterocycles. The van der Waals surface area contributed by atoms with Crippen LogP contribution in [-0.4, -0.2) is 35.9 Å². The summed E-state index contributed by atoms with van der Waals surface area (Å²) >= 11 is 1.30. The van der Waals surface area contributed by atoms with Gasteiger partial charge in [0.2, 0.25) is 11.8 Å². The van der Waals surface area contributed by atoms with Gasteiger partial charge in [-0.05, 0) is 37.8 Å². The van der Waals surface area contributed by atoms with Crippen LogP contribution in [0.1, 0.15) is 18.4 Å². The summed E-state index contributed by atoms with van der Waals surface area (Å²) in [5, 5.41) is 5.62. The summed E-state index contributed by atoms with van der Waals surface area (Å²) in [6.45, 7) is 2.52. The number of thioether (sulfide) groups is 1. The predicted molar refractivity (Wildman–Crippen MR) is 98.1 cm³/mol. The molecule has 0 heterocycles. The molecular weight excluding hydrogens is 334 g/mol. The Morgan fingerprint density at radius 2 is 1.83 bits per heavy atom. The zero-order chi connectivity index (χ0) is 15.9. The minimum Gasteiger partial charge on any atom is -0.354 e. The maximum absolute atomic E-state index is 11.8. The van der Waals surface area contributed by atoms with Gasteiger partial charge in [0, 0.05) is 18.3 Å². The molecule has 0 radical (unpaired) electrons. The van der Waals surface area contributed by atoms with Crippen molar-refractivity contribution in [2.24, 2.45) is 11.7 Å². The molecule has 1 atom stereocenters. The van der Waals surface area contributed by atoms with Crippen LogP contribution in [0.5, 0.6) is 0 Å². The van der Waals surface area contributed by atoms with Crippen molar-refractivity contribution in [2.75, 3.05) is 23.4 Å². The number of carbonyl (C=O) groups is 2. The van der Waals surface area contributed by atoms with Crippen molar-refractivity contribution >= 4 is 41.7 Å². The number of nitrogens with one attached hydrogen (secondary N) is 2. The van der Waals surface area contributed by atoms with E-state index >= 15 is 0 Å². The average Bonchev–Trinajstić information content (AvgIpc) is 3.32. The molecule has 128 valence electrons. The molecule has 2 amide bonds. The van der Waals surface area contributed by atoms with E-state index in [1.165, 1.54) is 24.6 Å². The second-order valence-corrected chi connectivity index (χ2v) is 6.70. The number of anilines is 1. The number of halogens is 1. The summed E-state index contributed by atoms with van der Waals surface area (Å²) in [5.41, 5.74) is 7.84. The van der Waals surface area contributed by atoms with Gasteiger partial charge in [-0.2, -0.15) is 0 Å². The molecule has 1 unspecified atom stereocenters. The fourth-order valence-corrected chi connectivity index (χ4v) is 2.69. The molecule has 0 spiro atoms. The number of benzene rings is 1. The van der Waals surface area contributed by atoms with Gasteiger partial charge in [0.15, 0.2) is 0 Å². The SMILES string of the molecule is Cc1ccc(NC(=O)CSCC(=O)NCC(N)C2CC2)cc1.Cl. The number of nitrogens with two attached hydrogens (primary N) is 1.